The summed E-state index contributed by atoms with van der Waals surface area (Å²) < 4.78 is 1.82. The van der Waals surface area contributed by atoms with Crippen molar-refractivity contribution < 1.29 is 10.0 Å². The van der Waals surface area contributed by atoms with Crippen LogP contribution in [0, 0.1) is 13.8 Å². The molecule has 122 valence electrons. The first-order chi connectivity index (χ1) is 11.6. The van der Waals surface area contributed by atoms with Crippen molar-refractivity contribution in [2.45, 2.75) is 13.8 Å². The summed E-state index contributed by atoms with van der Waals surface area (Å²) in [7, 11) is 0. The Morgan fingerprint density at radius 1 is 1.12 bits per heavy atom. The van der Waals surface area contributed by atoms with E-state index in [1.807, 2.05) is 48.9 Å². The van der Waals surface area contributed by atoms with Gasteiger partial charge >= 0.3 is 0 Å². The van der Waals surface area contributed by atoms with Gasteiger partial charge in [0.25, 0.3) is 5.91 Å². The first-order valence-electron chi connectivity index (χ1n) is 7.51. The maximum atomic E-state index is 11.6. The summed E-state index contributed by atoms with van der Waals surface area (Å²) in [6.07, 6.45) is 1.70. The van der Waals surface area contributed by atoms with Gasteiger partial charge in [-0.2, -0.15) is 0 Å². The number of benzene rings is 2. The van der Waals surface area contributed by atoms with Gasteiger partial charge in [0.1, 0.15) is 6.33 Å². The number of amides is 1. The fraction of sp³-hybridized carbons (Fsp3) is 0.111. The summed E-state index contributed by atoms with van der Waals surface area (Å²) in [5, 5.41) is 8.81. The molecule has 0 aliphatic carbocycles. The van der Waals surface area contributed by atoms with Gasteiger partial charge in [-0.25, -0.2) is 15.1 Å². The summed E-state index contributed by atoms with van der Waals surface area (Å²) in [4.78, 5) is 16.0. The minimum atomic E-state index is -0.549. The zero-order valence-electron chi connectivity index (χ0n) is 13.4. The van der Waals surface area contributed by atoms with Crippen molar-refractivity contribution in [2.75, 3.05) is 5.43 Å². The molecule has 3 aromatic rings. The lowest BCUT2D eigenvalue weighted by atomic mass is 10.1. The molecule has 0 spiro atoms. The molecule has 1 heterocycles. The summed E-state index contributed by atoms with van der Waals surface area (Å²) >= 11 is 0. The molecule has 3 rings (SSSR count). The molecule has 0 radical (unpaired) electrons. The Labute approximate surface area is 139 Å². The summed E-state index contributed by atoms with van der Waals surface area (Å²) in [5.41, 5.74) is 9.93. The minimum absolute atomic E-state index is 0.373. The van der Waals surface area contributed by atoms with E-state index in [9.17, 15) is 4.79 Å². The first kappa shape index (κ1) is 15.8. The molecule has 0 unspecified atom stereocenters. The Kier molecular flexibility index (Phi) is 4.31. The normalized spacial score (nSPS) is 10.5. The van der Waals surface area contributed by atoms with E-state index >= 15 is 0 Å². The second-order valence-electron chi connectivity index (χ2n) is 5.55. The lowest BCUT2D eigenvalue weighted by Crippen LogP contribution is -2.18. The van der Waals surface area contributed by atoms with Crippen LogP contribution < -0.4 is 10.9 Å². The third kappa shape index (κ3) is 3.13. The number of carbonyl (C=O) groups excluding carboxylic acids is 1. The highest BCUT2D eigenvalue weighted by molar-refractivity contribution is 5.94. The van der Waals surface area contributed by atoms with Crippen LogP contribution in [0.3, 0.4) is 0 Å². The predicted octanol–water partition coefficient (Wildman–Crippen LogP) is 3.16. The van der Waals surface area contributed by atoms with E-state index in [1.54, 1.807) is 30.0 Å². The van der Waals surface area contributed by atoms with Crippen molar-refractivity contribution >= 4 is 11.6 Å². The largest absolute Gasteiger partial charge is 0.293 e. The van der Waals surface area contributed by atoms with Crippen LogP contribution in [-0.2, 0) is 0 Å². The Morgan fingerprint density at radius 3 is 2.67 bits per heavy atom. The van der Waals surface area contributed by atoms with Crippen molar-refractivity contribution in [3.63, 3.8) is 0 Å². The minimum Gasteiger partial charge on any atom is -0.293 e. The van der Waals surface area contributed by atoms with E-state index in [0.29, 0.717) is 5.56 Å². The maximum Gasteiger partial charge on any atom is 0.274 e. The molecule has 0 atom stereocenters. The van der Waals surface area contributed by atoms with Crippen LogP contribution in [0.2, 0.25) is 0 Å². The number of aryl methyl sites for hydroxylation is 2. The molecule has 0 aliphatic heterocycles. The topological polar surface area (TPSA) is 79.2 Å². The number of rotatable bonds is 4. The van der Waals surface area contributed by atoms with Crippen LogP contribution in [0.1, 0.15) is 21.6 Å². The first-order valence-corrected chi connectivity index (χ1v) is 7.51. The number of nitrogens with one attached hydrogen (secondary N) is 2. The predicted molar refractivity (Wildman–Crippen MR) is 91.9 cm³/mol. The Balaban J connectivity index is 2.00. The van der Waals surface area contributed by atoms with E-state index in [0.717, 1.165) is 28.2 Å². The summed E-state index contributed by atoms with van der Waals surface area (Å²) in [5.74, 6) is -0.549. The van der Waals surface area contributed by atoms with Gasteiger partial charge in [0, 0.05) is 11.1 Å². The molecule has 0 saturated heterocycles. The number of hydrogen-bond donors (Lipinski definition) is 3. The Bertz CT molecular complexity index is 886. The average Bonchev–Trinajstić information content (AvgIpc) is 2.94. The molecule has 24 heavy (non-hydrogen) atoms. The summed E-state index contributed by atoms with van der Waals surface area (Å²) in [6, 6.07) is 15.0. The lowest BCUT2D eigenvalue weighted by Gasteiger charge is -2.13. The van der Waals surface area contributed by atoms with Crippen LogP contribution in [0.4, 0.5) is 5.69 Å². The fourth-order valence-electron chi connectivity index (χ4n) is 2.60. The van der Waals surface area contributed by atoms with E-state index in [-0.39, 0.29) is 0 Å². The molecule has 6 heteroatoms. The van der Waals surface area contributed by atoms with Gasteiger partial charge < -0.3 is 0 Å². The number of aromatic nitrogens is 2. The number of imidazole rings is 1. The summed E-state index contributed by atoms with van der Waals surface area (Å²) in [6.45, 7) is 3.94. The molecule has 1 aromatic heterocycles. The average molecular weight is 322 g/mol. The van der Waals surface area contributed by atoms with Gasteiger partial charge in [-0.3, -0.25) is 15.4 Å². The standard InChI is InChI=1S/C18H18N4O2/c1-12-5-3-8-16(9-12)20-22-11-19-13(2)17(22)14-6-4-7-15(10-14)18(23)21-24/h3-11,20,24H,1-2H3,(H,21,23). The number of hydroxylamine groups is 1. The number of anilines is 1. The SMILES string of the molecule is Cc1cccc(Nn2cnc(C)c2-c2cccc(C(=O)NO)c2)c1. The molecule has 0 aliphatic rings. The van der Waals surface area contributed by atoms with Crippen molar-refractivity contribution in [1.29, 1.82) is 0 Å². The zero-order chi connectivity index (χ0) is 17.1. The molecular weight excluding hydrogens is 304 g/mol. The molecular formula is C18H18N4O2. The van der Waals surface area contributed by atoms with Gasteiger partial charge in [-0.15, -0.1) is 0 Å². The molecule has 1 amide bonds. The van der Waals surface area contributed by atoms with E-state index < -0.39 is 5.91 Å². The number of hydrogen-bond acceptors (Lipinski definition) is 4. The van der Waals surface area contributed by atoms with Gasteiger partial charge in [0.05, 0.1) is 17.1 Å². The molecule has 0 bridgehead atoms. The second-order valence-corrected chi connectivity index (χ2v) is 5.55. The molecule has 0 saturated carbocycles. The Morgan fingerprint density at radius 2 is 1.92 bits per heavy atom. The third-order valence-corrected chi connectivity index (χ3v) is 3.72. The van der Waals surface area contributed by atoms with Gasteiger partial charge in [0.15, 0.2) is 0 Å². The van der Waals surface area contributed by atoms with Crippen LogP contribution in [-0.4, -0.2) is 20.8 Å². The van der Waals surface area contributed by atoms with Crippen LogP contribution >= 0.6 is 0 Å². The Hall–Kier alpha value is -3.12. The maximum absolute atomic E-state index is 11.6. The van der Waals surface area contributed by atoms with Crippen molar-refractivity contribution in [2.24, 2.45) is 0 Å². The molecule has 6 nitrogen and oxygen atoms in total. The van der Waals surface area contributed by atoms with E-state index in [2.05, 4.69) is 10.4 Å². The highest BCUT2D eigenvalue weighted by Crippen LogP contribution is 2.24. The fourth-order valence-corrected chi connectivity index (χ4v) is 2.60. The molecule has 3 N–H and O–H groups in total. The van der Waals surface area contributed by atoms with Crippen molar-refractivity contribution in [3.8, 4) is 11.3 Å². The van der Waals surface area contributed by atoms with Gasteiger partial charge in [-0.05, 0) is 43.7 Å². The van der Waals surface area contributed by atoms with Gasteiger partial charge in [0.2, 0.25) is 0 Å². The highest BCUT2D eigenvalue weighted by atomic mass is 16.5. The second kappa shape index (κ2) is 6.55. The zero-order valence-corrected chi connectivity index (χ0v) is 13.4. The van der Waals surface area contributed by atoms with Gasteiger partial charge in [-0.1, -0.05) is 24.3 Å². The smallest absolute Gasteiger partial charge is 0.274 e. The molecule has 0 fully saturated rings. The lowest BCUT2D eigenvalue weighted by molar-refractivity contribution is 0.0706. The van der Waals surface area contributed by atoms with Crippen LogP contribution in [0.25, 0.3) is 11.3 Å². The van der Waals surface area contributed by atoms with Crippen LogP contribution in [0.5, 0.6) is 0 Å². The number of carbonyl (C=O) groups is 1. The number of nitrogens with zero attached hydrogens (tertiary/aromatic N) is 2. The van der Waals surface area contributed by atoms with Crippen molar-refractivity contribution in [1.82, 2.24) is 15.1 Å². The third-order valence-electron chi connectivity index (χ3n) is 3.72. The monoisotopic (exact) mass is 322 g/mol. The quantitative estimate of drug-likeness (QED) is 0.509. The van der Waals surface area contributed by atoms with E-state index in [1.165, 1.54) is 0 Å². The van der Waals surface area contributed by atoms with Crippen molar-refractivity contribution in [3.05, 3.63) is 71.7 Å². The van der Waals surface area contributed by atoms with Crippen LogP contribution in [0.15, 0.2) is 54.9 Å². The highest BCUT2D eigenvalue weighted by Gasteiger charge is 2.13. The van der Waals surface area contributed by atoms with E-state index in [4.69, 9.17) is 5.21 Å². The molecule has 2 aromatic carbocycles.